The molecule has 0 unspecified atom stereocenters. The Kier molecular flexibility index (Phi) is 7.67. The molecule has 0 aliphatic heterocycles. The summed E-state index contributed by atoms with van der Waals surface area (Å²) in [6.45, 7) is 2.88. The predicted molar refractivity (Wildman–Crippen MR) is 81.6 cm³/mol. The van der Waals surface area contributed by atoms with E-state index in [-0.39, 0.29) is 5.54 Å². The van der Waals surface area contributed by atoms with Crippen LogP contribution in [0.3, 0.4) is 0 Å². The maximum atomic E-state index is 6.01. The standard InChI is InChI=1S/C15H28N4/c16-10-4-8-15(13-18,9-5-11-17)19-12-14-6-2-1-3-7-14/h1-3,6-7,19H,4-5,8-13,16-18H2. The van der Waals surface area contributed by atoms with Crippen LogP contribution in [0, 0.1) is 0 Å². The van der Waals surface area contributed by atoms with Gasteiger partial charge in [0.2, 0.25) is 0 Å². The van der Waals surface area contributed by atoms with Crippen LogP contribution in [0.4, 0.5) is 0 Å². The van der Waals surface area contributed by atoms with Gasteiger partial charge in [0, 0.05) is 18.6 Å². The molecule has 0 amide bonds. The van der Waals surface area contributed by atoms with Gasteiger partial charge in [0.15, 0.2) is 0 Å². The summed E-state index contributed by atoms with van der Waals surface area (Å²) in [6.07, 6.45) is 3.99. The highest BCUT2D eigenvalue weighted by atomic mass is 15.0. The van der Waals surface area contributed by atoms with Crippen LogP contribution in [0.15, 0.2) is 30.3 Å². The van der Waals surface area contributed by atoms with Crippen molar-refractivity contribution in [2.24, 2.45) is 17.2 Å². The Morgan fingerprint density at radius 2 is 1.47 bits per heavy atom. The average molecular weight is 264 g/mol. The van der Waals surface area contributed by atoms with Crippen molar-refractivity contribution in [3.05, 3.63) is 35.9 Å². The Morgan fingerprint density at radius 1 is 0.895 bits per heavy atom. The Bertz CT molecular complexity index is 318. The number of rotatable bonds is 10. The summed E-state index contributed by atoms with van der Waals surface area (Å²) in [5.41, 5.74) is 18.5. The molecule has 0 saturated carbocycles. The van der Waals surface area contributed by atoms with Gasteiger partial charge in [-0.3, -0.25) is 0 Å². The number of nitrogens with two attached hydrogens (primary N) is 3. The molecule has 0 aromatic heterocycles. The van der Waals surface area contributed by atoms with Gasteiger partial charge in [-0.15, -0.1) is 0 Å². The van der Waals surface area contributed by atoms with Crippen molar-refractivity contribution < 1.29 is 0 Å². The molecule has 0 spiro atoms. The smallest absolute Gasteiger partial charge is 0.0307 e. The monoisotopic (exact) mass is 264 g/mol. The van der Waals surface area contributed by atoms with Crippen molar-refractivity contribution in [2.75, 3.05) is 19.6 Å². The lowest BCUT2D eigenvalue weighted by Gasteiger charge is -2.34. The minimum Gasteiger partial charge on any atom is -0.330 e. The highest BCUT2D eigenvalue weighted by Gasteiger charge is 2.26. The van der Waals surface area contributed by atoms with Crippen molar-refractivity contribution in [3.63, 3.8) is 0 Å². The molecular weight excluding hydrogens is 236 g/mol. The summed E-state index contributed by atoms with van der Waals surface area (Å²) in [5.74, 6) is 0. The summed E-state index contributed by atoms with van der Waals surface area (Å²) in [7, 11) is 0. The van der Waals surface area contributed by atoms with Gasteiger partial charge in [-0.1, -0.05) is 30.3 Å². The zero-order chi connectivity index (χ0) is 14.0. The summed E-state index contributed by atoms with van der Waals surface area (Å²) in [5, 5.41) is 3.63. The molecule has 0 saturated heterocycles. The van der Waals surface area contributed by atoms with E-state index in [1.165, 1.54) is 5.56 Å². The molecule has 1 aromatic carbocycles. The second-order valence-corrected chi connectivity index (χ2v) is 5.11. The van der Waals surface area contributed by atoms with Gasteiger partial charge in [-0.05, 0) is 44.3 Å². The molecule has 0 atom stereocenters. The molecule has 0 heterocycles. The van der Waals surface area contributed by atoms with Crippen molar-refractivity contribution in [3.8, 4) is 0 Å². The molecule has 0 radical (unpaired) electrons. The van der Waals surface area contributed by atoms with E-state index in [1.54, 1.807) is 0 Å². The first-order valence-electron chi connectivity index (χ1n) is 7.15. The molecule has 19 heavy (non-hydrogen) atoms. The van der Waals surface area contributed by atoms with Crippen LogP contribution in [0.25, 0.3) is 0 Å². The predicted octanol–water partition coefficient (Wildman–Crippen LogP) is 0.952. The number of hydrogen-bond acceptors (Lipinski definition) is 4. The van der Waals surface area contributed by atoms with Crippen molar-refractivity contribution >= 4 is 0 Å². The van der Waals surface area contributed by atoms with E-state index < -0.39 is 0 Å². The third-order valence-electron chi connectivity index (χ3n) is 3.62. The largest absolute Gasteiger partial charge is 0.330 e. The quantitative estimate of drug-likeness (QED) is 0.506. The van der Waals surface area contributed by atoms with Crippen LogP contribution in [-0.4, -0.2) is 25.2 Å². The van der Waals surface area contributed by atoms with Crippen molar-refractivity contribution in [1.82, 2.24) is 5.32 Å². The Balaban J connectivity index is 2.60. The maximum absolute atomic E-state index is 6.01. The third kappa shape index (κ3) is 5.70. The van der Waals surface area contributed by atoms with E-state index in [1.807, 2.05) is 6.07 Å². The molecule has 0 fully saturated rings. The molecule has 1 aromatic rings. The van der Waals surface area contributed by atoms with Crippen LogP contribution >= 0.6 is 0 Å². The first-order chi connectivity index (χ1) is 9.26. The van der Waals surface area contributed by atoms with Crippen LogP contribution in [0.2, 0.25) is 0 Å². The zero-order valence-corrected chi connectivity index (χ0v) is 11.8. The van der Waals surface area contributed by atoms with E-state index in [0.717, 1.165) is 32.2 Å². The number of hydrogen-bond donors (Lipinski definition) is 4. The topological polar surface area (TPSA) is 90.1 Å². The van der Waals surface area contributed by atoms with Crippen LogP contribution < -0.4 is 22.5 Å². The molecule has 4 heteroatoms. The molecule has 0 bridgehead atoms. The normalized spacial score (nSPS) is 11.7. The van der Waals surface area contributed by atoms with E-state index in [9.17, 15) is 0 Å². The van der Waals surface area contributed by atoms with Crippen molar-refractivity contribution in [2.45, 2.75) is 37.8 Å². The van der Waals surface area contributed by atoms with E-state index >= 15 is 0 Å². The van der Waals surface area contributed by atoms with E-state index in [0.29, 0.717) is 19.6 Å². The molecule has 1 rings (SSSR count). The highest BCUT2D eigenvalue weighted by molar-refractivity contribution is 5.14. The first-order valence-corrected chi connectivity index (χ1v) is 7.15. The van der Waals surface area contributed by atoms with Gasteiger partial charge >= 0.3 is 0 Å². The van der Waals surface area contributed by atoms with Gasteiger partial charge in [0.1, 0.15) is 0 Å². The van der Waals surface area contributed by atoms with E-state index in [4.69, 9.17) is 17.2 Å². The van der Waals surface area contributed by atoms with Crippen LogP contribution in [-0.2, 0) is 6.54 Å². The molecule has 0 aliphatic carbocycles. The lowest BCUT2D eigenvalue weighted by atomic mass is 9.87. The van der Waals surface area contributed by atoms with Crippen LogP contribution in [0.5, 0.6) is 0 Å². The fourth-order valence-electron chi connectivity index (χ4n) is 2.34. The SMILES string of the molecule is NCCCC(CN)(CCCN)NCc1ccccc1. The molecular formula is C15H28N4. The summed E-state index contributed by atoms with van der Waals surface area (Å²) in [4.78, 5) is 0. The Labute approximate surface area is 116 Å². The minimum absolute atomic E-state index is 0.0332. The minimum atomic E-state index is -0.0332. The van der Waals surface area contributed by atoms with Gasteiger partial charge in [0.25, 0.3) is 0 Å². The van der Waals surface area contributed by atoms with Gasteiger partial charge in [-0.25, -0.2) is 0 Å². The number of nitrogens with one attached hydrogen (secondary N) is 1. The first kappa shape index (κ1) is 16.1. The fraction of sp³-hybridized carbons (Fsp3) is 0.600. The second kappa shape index (κ2) is 9.04. The Hall–Kier alpha value is -0.940. The Morgan fingerprint density at radius 3 is 1.95 bits per heavy atom. The van der Waals surface area contributed by atoms with E-state index in [2.05, 4.69) is 29.6 Å². The third-order valence-corrected chi connectivity index (χ3v) is 3.62. The zero-order valence-electron chi connectivity index (χ0n) is 11.8. The fourth-order valence-corrected chi connectivity index (χ4v) is 2.34. The lowest BCUT2D eigenvalue weighted by molar-refractivity contribution is 0.276. The lowest BCUT2D eigenvalue weighted by Crippen LogP contribution is -2.51. The van der Waals surface area contributed by atoms with Gasteiger partial charge in [0.05, 0.1) is 0 Å². The van der Waals surface area contributed by atoms with Gasteiger partial charge < -0.3 is 22.5 Å². The summed E-state index contributed by atoms with van der Waals surface area (Å²) < 4.78 is 0. The molecule has 0 aliphatic rings. The molecule has 7 N–H and O–H groups in total. The summed E-state index contributed by atoms with van der Waals surface area (Å²) in [6, 6.07) is 10.4. The maximum Gasteiger partial charge on any atom is 0.0307 e. The molecule has 4 nitrogen and oxygen atoms in total. The molecule has 108 valence electrons. The number of benzene rings is 1. The van der Waals surface area contributed by atoms with Crippen LogP contribution in [0.1, 0.15) is 31.2 Å². The van der Waals surface area contributed by atoms with Crippen molar-refractivity contribution in [1.29, 1.82) is 0 Å². The highest BCUT2D eigenvalue weighted by Crippen LogP contribution is 2.19. The summed E-state index contributed by atoms with van der Waals surface area (Å²) >= 11 is 0. The average Bonchev–Trinajstić information content (AvgIpc) is 2.48. The second-order valence-electron chi connectivity index (χ2n) is 5.11. The van der Waals surface area contributed by atoms with Gasteiger partial charge in [-0.2, -0.15) is 0 Å².